The average molecular weight is 293 g/mol. The third kappa shape index (κ3) is 1.75. The van der Waals surface area contributed by atoms with E-state index in [9.17, 15) is 9.90 Å². The number of rotatable bonds is 1. The Morgan fingerprint density at radius 2 is 1.36 bits per heavy atom. The standard InChI is InChI=1S/C19H19NO2/c21-18(20-12-6-1-7-13-20)19(22)16-10-4-2-8-14(16)15-9-3-5-11-17(15)19/h2-5,8-11,22H,1,6-7,12-13H2. The lowest BCUT2D eigenvalue weighted by atomic mass is 9.89. The van der Waals surface area contributed by atoms with Crippen LogP contribution in [0, 0.1) is 0 Å². The number of hydrogen-bond donors (Lipinski definition) is 1. The SMILES string of the molecule is O=C(N1CCCCC1)C1(O)c2ccccc2-c2ccccc21. The molecule has 1 amide bonds. The van der Waals surface area contributed by atoms with Crippen molar-refractivity contribution in [2.45, 2.75) is 24.9 Å². The smallest absolute Gasteiger partial charge is 0.264 e. The summed E-state index contributed by atoms with van der Waals surface area (Å²) in [6.07, 6.45) is 3.20. The summed E-state index contributed by atoms with van der Waals surface area (Å²) in [4.78, 5) is 14.9. The Bertz CT molecular complexity index is 686. The number of carbonyl (C=O) groups is 1. The molecule has 0 spiro atoms. The summed E-state index contributed by atoms with van der Waals surface area (Å²) in [7, 11) is 0. The molecular weight excluding hydrogens is 274 g/mol. The third-order valence-electron chi connectivity index (χ3n) is 4.88. The van der Waals surface area contributed by atoms with Crippen LogP contribution in [-0.2, 0) is 10.4 Å². The van der Waals surface area contributed by atoms with Gasteiger partial charge >= 0.3 is 0 Å². The number of likely N-dealkylation sites (tertiary alicyclic amines) is 1. The minimum absolute atomic E-state index is 0.176. The number of aliphatic hydroxyl groups is 1. The fourth-order valence-electron chi connectivity index (χ4n) is 3.77. The summed E-state index contributed by atoms with van der Waals surface area (Å²) in [6, 6.07) is 15.4. The molecule has 3 heteroatoms. The highest BCUT2D eigenvalue weighted by Gasteiger charge is 2.49. The van der Waals surface area contributed by atoms with Gasteiger partial charge in [-0.25, -0.2) is 0 Å². The third-order valence-corrected chi connectivity index (χ3v) is 4.88. The van der Waals surface area contributed by atoms with Gasteiger partial charge in [0.1, 0.15) is 0 Å². The number of fused-ring (bicyclic) bond motifs is 3. The van der Waals surface area contributed by atoms with Gasteiger partial charge in [0.25, 0.3) is 5.91 Å². The van der Waals surface area contributed by atoms with Gasteiger partial charge in [-0.3, -0.25) is 4.79 Å². The molecular formula is C19H19NO2. The second kappa shape index (κ2) is 4.96. The van der Waals surface area contributed by atoms with E-state index in [1.165, 1.54) is 0 Å². The number of carbonyl (C=O) groups excluding carboxylic acids is 1. The lowest BCUT2D eigenvalue weighted by Gasteiger charge is -2.34. The highest BCUT2D eigenvalue weighted by molar-refractivity contribution is 5.98. The van der Waals surface area contributed by atoms with E-state index in [2.05, 4.69) is 0 Å². The highest BCUT2D eigenvalue weighted by Crippen LogP contribution is 2.48. The minimum Gasteiger partial charge on any atom is -0.372 e. The van der Waals surface area contributed by atoms with Crippen molar-refractivity contribution in [3.63, 3.8) is 0 Å². The van der Waals surface area contributed by atoms with Crippen molar-refractivity contribution < 1.29 is 9.90 Å². The quantitative estimate of drug-likeness (QED) is 0.878. The van der Waals surface area contributed by atoms with Gasteiger partial charge in [-0.15, -0.1) is 0 Å². The van der Waals surface area contributed by atoms with Gasteiger partial charge in [0.2, 0.25) is 0 Å². The first kappa shape index (κ1) is 13.5. The van der Waals surface area contributed by atoms with Gasteiger partial charge in [0, 0.05) is 24.2 Å². The van der Waals surface area contributed by atoms with Gasteiger partial charge < -0.3 is 10.0 Å². The van der Waals surface area contributed by atoms with Crippen LogP contribution in [-0.4, -0.2) is 29.0 Å². The second-order valence-corrected chi connectivity index (χ2v) is 6.15. The fraction of sp³-hybridized carbons (Fsp3) is 0.316. The Morgan fingerprint density at radius 1 is 0.864 bits per heavy atom. The Hall–Kier alpha value is -2.13. The number of amides is 1. The summed E-state index contributed by atoms with van der Waals surface area (Å²) >= 11 is 0. The fourth-order valence-corrected chi connectivity index (χ4v) is 3.77. The molecule has 0 saturated carbocycles. The Kier molecular flexibility index (Phi) is 3.05. The first-order valence-corrected chi connectivity index (χ1v) is 7.94. The molecule has 0 aromatic heterocycles. The Labute approximate surface area is 130 Å². The monoisotopic (exact) mass is 293 g/mol. The normalized spacial score (nSPS) is 18.7. The van der Waals surface area contributed by atoms with Gasteiger partial charge in [0.05, 0.1) is 0 Å². The summed E-state index contributed by atoms with van der Waals surface area (Å²) in [5.74, 6) is -0.176. The van der Waals surface area contributed by atoms with Crippen LogP contribution in [0.1, 0.15) is 30.4 Å². The Balaban J connectivity index is 1.87. The first-order valence-electron chi connectivity index (χ1n) is 7.94. The number of nitrogens with zero attached hydrogens (tertiary/aromatic N) is 1. The van der Waals surface area contributed by atoms with Crippen molar-refractivity contribution in [1.29, 1.82) is 0 Å². The molecule has 2 aromatic rings. The van der Waals surface area contributed by atoms with Crippen LogP contribution in [0.15, 0.2) is 48.5 Å². The van der Waals surface area contributed by atoms with Crippen molar-refractivity contribution in [3.05, 3.63) is 59.7 Å². The molecule has 0 atom stereocenters. The van der Waals surface area contributed by atoms with E-state index in [1.54, 1.807) is 0 Å². The number of hydrogen-bond acceptors (Lipinski definition) is 2. The van der Waals surface area contributed by atoms with Crippen molar-refractivity contribution in [3.8, 4) is 11.1 Å². The summed E-state index contributed by atoms with van der Waals surface area (Å²) < 4.78 is 0. The summed E-state index contributed by atoms with van der Waals surface area (Å²) in [6.45, 7) is 1.48. The van der Waals surface area contributed by atoms with Crippen molar-refractivity contribution >= 4 is 5.91 Å². The van der Waals surface area contributed by atoms with Gasteiger partial charge in [-0.05, 0) is 30.4 Å². The lowest BCUT2D eigenvalue weighted by Crippen LogP contribution is -2.48. The van der Waals surface area contributed by atoms with E-state index in [0.29, 0.717) is 11.1 Å². The zero-order valence-corrected chi connectivity index (χ0v) is 12.5. The Morgan fingerprint density at radius 3 is 1.91 bits per heavy atom. The van der Waals surface area contributed by atoms with Gasteiger partial charge in [-0.2, -0.15) is 0 Å². The number of benzene rings is 2. The summed E-state index contributed by atoms with van der Waals surface area (Å²) in [5, 5.41) is 11.4. The molecule has 4 rings (SSSR count). The molecule has 3 nitrogen and oxygen atoms in total. The van der Waals surface area contributed by atoms with Crippen LogP contribution in [0.4, 0.5) is 0 Å². The predicted molar refractivity (Wildman–Crippen MR) is 85.3 cm³/mol. The predicted octanol–water partition coefficient (Wildman–Crippen LogP) is 2.92. The van der Waals surface area contributed by atoms with E-state index >= 15 is 0 Å². The van der Waals surface area contributed by atoms with Crippen molar-refractivity contribution in [2.24, 2.45) is 0 Å². The first-order chi connectivity index (χ1) is 10.7. The van der Waals surface area contributed by atoms with E-state index in [-0.39, 0.29) is 5.91 Å². The molecule has 1 fully saturated rings. The van der Waals surface area contributed by atoms with Gasteiger partial charge in [0.15, 0.2) is 5.60 Å². The molecule has 1 saturated heterocycles. The van der Waals surface area contributed by atoms with E-state index in [4.69, 9.17) is 0 Å². The van der Waals surface area contributed by atoms with Crippen molar-refractivity contribution in [1.82, 2.24) is 4.90 Å². The zero-order chi connectivity index (χ0) is 15.2. The molecule has 1 aliphatic carbocycles. The molecule has 22 heavy (non-hydrogen) atoms. The van der Waals surface area contributed by atoms with E-state index in [0.717, 1.165) is 43.5 Å². The molecule has 112 valence electrons. The number of piperidine rings is 1. The average Bonchev–Trinajstić information content (AvgIpc) is 2.86. The van der Waals surface area contributed by atoms with Crippen LogP contribution in [0.25, 0.3) is 11.1 Å². The van der Waals surface area contributed by atoms with Crippen LogP contribution >= 0.6 is 0 Å². The highest BCUT2D eigenvalue weighted by atomic mass is 16.3. The minimum atomic E-state index is -1.54. The maximum absolute atomic E-state index is 13.1. The lowest BCUT2D eigenvalue weighted by molar-refractivity contribution is -0.148. The molecule has 1 aliphatic heterocycles. The van der Waals surface area contributed by atoms with Crippen LogP contribution < -0.4 is 0 Å². The molecule has 0 unspecified atom stereocenters. The van der Waals surface area contributed by atoms with E-state index in [1.807, 2.05) is 53.4 Å². The van der Waals surface area contributed by atoms with Crippen molar-refractivity contribution in [2.75, 3.05) is 13.1 Å². The van der Waals surface area contributed by atoms with Crippen LogP contribution in [0.5, 0.6) is 0 Å². The van der Waals surface area contributed by atoms with Crippen LogP contribution in [0.2, 0.25) is 0 Å². The maximum Gasteiger partial charge on any atom is 0.264 e. The van der Waals surface area contributed by atoms with Crippen LogP contribution in [0.3, 0.4) is 0 Å². The molecule has 1 N–H and O–H groups in total. The molecule has 0 bridgehead atoms. The zero-order valence-electron chi connectivity index (χ0n) is 12.5. The van der Waals surface area contributed by atoms with Gasteiger partial charge in [-0.1, -0.05) is 48.5 Å². The molecule has 2 aromatic carbocycles. The topological polar surface area (TPSA) is 40.5 Å². The van der Waals surface area contributed by atoms with E-state index < -0.39 is 5.60 Å². The second-order valence-electron chi connectivity index (χ2n) is 6.15. The molecule has 1 heterocycles. The molecule has 2 aliphatic rings. The maximum atomic E-state index is 13.1. The summed E-state index contributed by atoms with van der Waals surface area (Å²) in [5.41, 5.74) is 1.82. The molecule has 0 radical (unpaired) electrons. The largest absolute Gasteiger partial charge is 0.372 e.